The number of carbonyl (C=O) groups excluding carboxylic acids is 1. The molecule has 1 N–H and O–H groups in total. The number of hydrazone groups is 1. The second kappa shape index (κ2) is 15.8. The van der Waals surface area contributed by atoms with E-state index in [1.165, 1.54) is 73.7 Å². The van der Waals surface area contributed by atoms with Crippen molar-refractivity contribution in [2.24, 2.45) is 10.1 Å². The molecular weight excluding hydrogens is 640 g/mol. The maximum atomic E-state index is 12.9. The number of fused-ring (bicyclic) bond motifs is 1. The standard InChI is InChI=1S/C34H41BrN4O4S/c1-3-4-5-6-10-13-30-38-39-32(36)27(33(40)37-34(39)44-30)20-23-21-28(35)31(29(22-23)41-2)43-19-18-42-26-16-14-25(15-17-26)24-11-8-7-9-12-24/h14-17,20-22,24,36H,3-13,18-19H2,1-2H3/b27-20-,36-32?. The number of unbranched alkanes of at least 4 members (excludes halogenated alkanes) is 4. The highest BCUT2D eigenvalue weighted by Crippen LogP contribution is 2.38. The van der Waals surface area contributed by atoms with Crippen LogP contribution in [0.15, 0.2) is 56.5 Å². The van der Waals surface area contributed by atoms with E-state index >= 15 is 0 Å². The van der Waals surface area contributed by atoms with Crippen LogP contribution in [-0.2, 0) is 4.79 Å². The summed E-state index contributed by atoms with van der Waals surface area (Å²) in [6.07, 6.45) is 14.9. The molecule has 44 heavy (non-hydrogen) atoms. The smallest absolute Gasteiger partial charge is 0.283 e. The first-order chi connectivity index (χ1) is 21.5. The van der Waals surface area contributed by atoms with E-state index in [0.29, 0.717) is 45.8 Å². The molecule has 10 heteroatoms. The molecule has 1 amide bonds. The predicted molar refractivity (Wildman–Crippen MR) is 182 cm³/mol. The first kappa shape index (κ1) is 32.3. The quantitative estimate of drug-likeness (QED) is 0.158. The lowest BCUT2D eigenvalue weighted by atomic mass is 9.84. The summed E-state index contributed by atoms with van der Waals surface area (Å²) in [6, 6.07) is 12.1. The molecule has 5 rings (SSSR count). The molecule has 234 valence electrons. The van der Waals surface area contributed by atoms with Gasteiger partial charge in [-0.25, -0.2) is 0 Å². The number of aliphatic imine (C=N–C) groups is 1. The fraction of sp³-hybridized carbons (Fsp3) is 0.471. The molecule has 0 aromatic heterocycles. The summed E-state index contributed by atoms with van der Waals surface area (Å²) in [7, 11) is 1.57. The van der Waals surface area contributed by atoms with Crippen molar-refractivity contribution in [1.82, 2.24) is 5.01 Å². The molecule has 0 radical (unpaired) electrons. The highest BCUT2D eigenvalue weighted by molar-refractivity contribution is 9.10. The third-order valence-corrected chi connectivity index (χ3v) is 9.67. The number of rotatable bonds is 14. The average molecular weight is 682 g/mol. The number of hydrogen-bond donors (Lipinski definition) is 1. The van der Waals surface area contributed by atoms with Gasteiger partial charge in [0.25, 0.3) is 5.91 Å². The van der Waals surface area contributed by atoms with Gasteiger partial charge in [-0.2, -0.15) is 15.1 Å². The van der Waals surface area contributed by atoms with Crippen molar-refractivity contribution in [2.45, 2.75) is 83.5 Å². The normalized spacial score (nSPS) is 17.9. The molecule has 3 aliphatic rings. The number of carbonyl (C=O) groups is 1. The van der Waals surface area contributed by atoms with E-state index in [2.05, 4.69) is 45.1 Å². The molecular formula is C34H41BrN4O4S. The van der Waals surface area contributed by atoms with Gasteiger partial charge >= 0.3 is 0 Å². The first-order valence-corrected chi connectivity index (χ1v) is 17.3. The zero-order valence-electron chi connectivity index (χ0n) is 25.6. The largest absolute Gasteiger partial charge is 0.493 e. The third kappa shape index (κ3) is 8.13. The number of benzene rings is 2. The molecule has 2 aromatic carbocycles. The lowest BCUT2D eigenvalue weighted by Crippen LogP contribution is -2.35. The van der Waals surface area contributed by atoms with Crippen LogP contribution in [0, 0.1) is 5.41 Å². The van der Waals surface area contributed by atoms with Crippen LogP contribution in [0.4, 0.5) is 0 Å². The molecule has 1 aliphatic carbocycles. The average Bonchev–Trinajstić information content (AvgIpc) is 3.45. The Morgan fingerprint density at radius 3 is 2.55 bits per heavy atom. The third-order valence-electron chi connectivity index (χ3n) is 8.11. The maximum absolute atomic E-state index is 12.9. The monoisotopic (exact) mass is 680 g/mol. The minimum Gasteiger partial charge on any atom is -0.493 e. The van der Waals surface area contributed by atoms with E-state index in [0.717, 1.165) is 30.1 Å². The maximum Gasteiger partial charge on any atom is 0.283 e. The molecule has 0 saturated heterocycles. The molecule has 0 unspecified atom stereocenters. The number of halogens is 1. The van der Waals surface area contributed by atoms with Gasteiger partial charge in [0, 0.05) is 0 Å². The van der Waals surface area contributed by atoms with Crippen LogP contribution in [0.1, 0.15) is 94.6 Å². The van der Waals surface area contributed by atoms with Gasteiger partial charge in [-0.3, -0.25) is 10.2 Å². The summed E-state index contributed by atoms with van der Waals surface area (Å²) in [6.45, 7) is 2.91. The fourth-order valence-electron chi connectivity index (χ4n) is 5.72. The van der Waals surface area contributed by atoms with Crippen molar-refractivity contribution in [3.63, 3.8) is 0 Å². The molecule has 1 fully saturated rings. The molecule has 0 atom stereocenters. The van der Waals surface area contributed by atoms with Gasteiger partial charge < -0.3 is 14.2 Å². The van der Waals surface area contributed by atoms with Crippen LogP contribution in [-0.4, -0.2) is 47.3 Å². The Kier molecular flexibility index (Phi) is 11.6. The summed E-state index contributed by atoms with van der Waals surface area (Å²) in [4.78, 5) is 17.1. The van der Waals surface area contributed by atoms with Crippen LogP contribution in [0.2, 0.25) is 0 Å². The topological polar surface area (TPSA) is 96.6 Å². The molecule has 0 bridgehead atoms. The van der Waals surface area contributed by atoms with E-state index in [1.54, 1.807) is 19.3 Å². The van der Waals surface area contributed by atoms with Gasteiger partial charge in [-0.15, -0.1) is 0 Å². The molecule has 1 saturated carbocycles. The van der Waals surface area contributed by atoms with Crippen molar-refractivity contribution in [2.75, 3.05) is 20.3 Å². The van der Waals surface area contributed by atoms with E-state index in [1.807, 2.05) is 18.2 Å². The van der Waals surface area contributed by atoms with Crippen molar-refractivity contribution < 1.29 is 19.0 Å². The summed E-state index contributed by atoms with van der Waals surface area (Å²) in [5.74, 6) is 2.11. The molecule has 2 aromatic rings. The number of thioether (sulfide) groups is 1. The van der Waals surface area contributed by atoms with Crippen molar-refractivity contribution >= 4 is 55.7 Å². The number of hydrogen-bond acceptors (Lipinski definition) is 7. The van der Waals surface area contributed by atoms with Gasteiger partial charge in [0.05, 0.1) is 17.2 Å². The Balaban J connectivity index is 1.18. The van der Waals surface area contributed by atoms with Crippen molar-refractivity contribution in [1.29, 1.82) is 5.41 Å². The van der Waals surface area contributed by atoms with E-state index in [4.69, 9.17) is 19.6 Å². The van der Waals surface area contributed by atoms with Crippen LogP contribution in [0.5, 0.6) is 17.2 Å². The van der Waals surface area contributed by atoms with E-state index in [-0.39, 0.29) is 11.4 Å². The predicted octanol–water partition coefficient (Wildman–Crippen LogP) is 8.94. The zero-order valence-corrected chi connectivity index (χ0v) is 28.0. The zero-order chi connectivity index (χ0) is 30.9. The highest BCUT2D eigenvalue weighted by Gasteiger charge is 2.35. The lowest BCUT2D eigenvalue weighted by molar-refractivity contribution is -0.114. The SMILES string of the molecule is CCCCCCCC1=NN2C(=N)/C(=C/c3cc(Br)c(OCCOc4ccc(C5CCCCC5)cc4)c(OC)c3)C(=O)N=C2S1. The Morgan fingerprint density at radius 1 is 1.05 bits per heavy atom. The second-order valence-corrected chi connectivity index (χ2v) is 13.2. The molecule has 8 nitrogen and oxygen atoms in total. The number of amidine groups is 2. The van der Waals surface area contributed by atoms with Crippen molar-refractivity contribution in [3.8, 4) is 17.2 Å². The molecule has 0 spiro atoms. The van der Waals surface area contributed by atoms with Gasteiger partial charge in [-0.1, -0.05) is 64.0 Å². The van der Waals surface area contributed by atoms with E-state index in [9.17, 15) is 4.79 Å². The van der Waals surface area contributed by atoms with Gasteiger partial charge in [0.15, 0.2) is 17.3 Å². The summed E-state index contributed by atoms with van der Waals surface area (Å²) in [5, 5.41) is 16.1. The number of nitrogens with zero attached hydrogens (tertiary/aromatic N) is 3. The van der Waals surface area contributed by atoms with Crippen LogP contribution in [0.25, 0.3) is 6.08 Å². The van der Waals surface area contributed by atoms with Crippen LogP contribution in [0.3, 0.4) is 0 Å². The minimum atomic E-state index is -0.451. The van der Waals surface area contributed by atoms with Crippen molar-refractivity contribution in [3.05, 3.63) is 57.6 Å². The number of methoxy groups -OCH3 is 1. The Hall–Kier alpha value is -3.11. The Morgan fingerprint density at radius 2 is 1.80 bits per heavy atom. The summed E-state index contributed by atoms with van der Waals surface area (Å²) >= 11 is 4.97. The van der Waals surface area contributed by atoms with Crippen LogP contribution < -0.4 is 14.2 Å². The van der Waals surface area contributed by atoms with Gasteiger partial charge in [-0.05, 0) is 101 Å². The minimum absolute atomic E-state index is 0.0211. The van der Waals surface area contributed by atoms with Gasteiger partial charge in [0.2, 0.25) is 5.17 Å². The lowest BCUT2D eigenvalue weighted by Gasteiger charge is -2.22. The Bertz CT molecular complexity index is 1430. The fourth-order valence-corrected chi connectivity index (χ4v) is 7.22. The number of nitrogens with one attached hydrogen (secondary N) is 1. The second-order valence-electron chi connectivity index (χ2n) is 11.3. The number of amides is 1. The summed E-state index contributed by atoms with van der Waals surface area (Å²) < 4.78 is 18.2. The van der Waals surface area contributed by atoms with E-state index < -0.39 is 5.91 Å². The highest BCUT2D eigenvalue weighted by atomic mass is 79.9. The molecule has 2 aliphatic heterocycles. The number of ether oxygens (including phenoxy) is 3. The Labute approximate surface area is 273 Å². The first-order valence-electron chi connectivity index (χ1n) is 15.7. The van der Waals surface area contributed by atoms with Gasteiger partial charge in [0.1, 0.15) is 24.0 Å². The summed E-state index contributed by atoms with van der Waals surface area (Å²) in [5.41, 5.74) is 2.25. The molecule has 2 heterocycles. The van der Waals surface area contributed by atoms with Crippen LogP contribution >= 0.6 is 27.7 Å².